The Labute approximate surface area is 95.6 Å². The number of carboxylic acid groups (broad SMARTS) is 1. The molecule has 16 heavy (non-hydrogen) atoms. The second kappa shape index (κ2) is 9.08. The monoisotopic (exact) mass is 251 g/mol. The van der Waals surface area contributed by atoms with E-state index >= 15 is 0 Å². The highest BCUT2D eigenvalue weighted by Crippen LogP contribution is 1.80. The van der Waals surface area contributed by atoms with Gasteiger partial charge in [-0.05, 0) is 7.05 Å². The maximum absolute atomic E-state index is 10.0. The summed E-state index contributed by atoms with van der Waals surface area (Å²) in [5.41, 5.74) is 0. The van der Waals surface area contributed by atoms with Crippen LogP contribution >= 0.6 is 0 Å². The number of aliphatic carboxylic acids is 1. The van der Waals surface area contributed by atoms with Gasteiger partial charge in [-0.2, -0.15) is 8.42 Å². The predicted molar refractivity (Wildman–Crippen MR) is 61.9 cm³/mol. The van der Waals surface area contributed by atoms with Gasteiger partial charge in [0.2, 0.25) is 0 Å². The predicted octanol–water partition coefficient (Wildman–Crippen LogP) is 0.249. The van der Waals surface area contributed by atoms with Crippen molar-refractivity contribution in [2.24, 2.45) is 0 Å². The molecular weight excluding hydrogens is 234 g/mol. The van der Waals surface area contributed by atoms with E-state index < -0.39 is 16.1 Å². The Morgan fingerprint density at radius 1 is 1.38 bits per heavy atom. The summed E-state index contributed by atoms with van der Waals surface area (Å²) >= 11 is 0. The molecule has 0 aliphatic carbocycles. The molecule has 0 bridgehead atoms. The minimum absolute atomic E-state index is 0.0754. The van der Waals surface area contributed by atoms with E-state index in [0.717, 1.165) is 6.08 Å². The lowest BCUT2D eigenvalue weighted by Crippen LogP contribution is -2.25. The molecular formula is C9H17NO5S. The fourth-order valence-electron chi connectivity index (χ4n) is 0.665. The normalized spacial score (nSPS) is 10.2. The van der Waals surface area contributed by atoms with Crippen molar-refractivity contribution in [2.75, 3.05) is 25.9 Å². The molecule has 0 saturated carbocycles. The van der Waals surface area contributed by atoms with Gasteiger partial charge in [0.15, 0.2) is 0 Å². The summed E-state index contributed by atoms with van der Waals surface area (Å²) in [5.74, 6) is -1.17. The summed E-state index contributed by atoms with van der Waals surface area (Å²) in [7, 11) is -2.06. The lowest BCUT2D eigenvalue weighted by Gasteiger charge is -2.08. The average Bonchev–Trinajstić information content (AvgIpc) is 2.01. The van der Waals surface area contributed by atoms with E-state index in [1.807, 2.05) is 0 Å². The molecule has 0 spiro atoms. The van der Waals surface area contributed by atoms with Gasteiger partial charge in [0.1, 0.15) is 0 Å². The van der Waals surface area contributed by atoms with Crippen molar-refractivity contribution >= 4 is 16.1 Å². The van der Waals surface area contributed by atoms with Crippen LogP contribution in [0, 0.1) is 0 Å². The van der Waals surface area contributed by atoms with Gasteiger partial charge in [-0.25, -0.2) is 0 Å². The van der Waals surface area contributed by atoms with E-state index in [2.05, 4.69) is 13.2 Å². The van der Waals surface area contributed by atoms with Gasteiger partial charge < -0.3 is 5.11 Å². The molecule has 94 valence electrons. The van der Waals surface area contributed by atoms with Gasteiger partial charge in [0, 0.05) is 6.54 Å². The third-order valence-corrected chi connectivity index (χ3v) is 1.83. The first-order valence-corrected chi connectivity index (χ1v) is 5.91. The number of hydrogen-bond donors (Lipinski definition) is 2. The molecule has 0 heterocycles. The molecule has 0 saturated heterocycles. The molecule has 6 nitrogen and oxygen atoms in total. The van der Waals surface area contributed by atoms with Crippen LogP contribution in [0.3, 0.4) is 0 Å². The zero-order valence-corrected chi connectivity index (χ0v) is 9.98. The summed E-state index contributed by atoms with van der Waals surface area (Å²) in [5, 5.41) is 8.23. The Bertz CT molecular complexity index is 323. The molecule has 0 radical (unpaired) electrons. The zero-order chi connectivity index (χ0) is 13.2. The van der Waals surface area contributed by atoms with Gasteiger partial charge in [0.05, 0.1) is 12.3 Å². The molecule has 0 atom stereocenters. The topological polar surface area (TPSA) is 94.9 Å². The lowest BCUT2D eigenvalue weighted by molar-refractivity contribution is -0.137. The van der Waals surface area contributed by atoms with Crippen LogP contribution < -0.4 is 0 Å². The Morgan fingerprint density at radius 3 is 2.06 bits per heavy atom. The zero-order valence-electron chi connectivity index (χ0n) is 9.16. The minimum atomic E-state index is -3.79. The molecule has 0 aromatic carbocycles. The number of likely N-dealkylation sites (N-methyl/N-ethyl adjacent to an activating group) is 1. The highest BCUT2D eigenvalue weighted by molar-refractivity contribution is 7.85. The number of carbonyl (C=O) groups is 1. The van der Waals surface area contributed by atoms with Crippen molar-refractivity contribution in [3.8, 4) is 0 Å². The van der Waals surface area contributed by atoms with E-state index in [-0.39, 0.29) is 12.3 Å². The third kappa shape index (κ3) is 18.6. The van der Waals surface area contributed by atoms with Crippen LogP contribution in [-0.2, 0) is 14.9 Å². The Hall–Kier alpha value is -1.18. The highest BCUT2D eigenvalue weighted by Gasteiger charge is 1.99. The highest BCUT2D eigenvalue weighted by atomic mass is 32.2. The van der Waals surface area contributed by atoms with Gasteiger partial charge in [-0.15, -0.1) is 13.2 Å². The number of rotatable bonds is 6. The molecule has 0 unspecified atom stereocenters. The van der Waals surface area contributed by atoms with Crippen LogP contribution in [0.4, 0.5) is 0 Å². The second-order valence-corrected chi connectivity index (χ2v) is 4.41. The Balaban J connectivity index is 0. The van der Waals surface area contributed by atoms with Gasteiger partial charge >= 0.3 is 5.97 Å². The van der Waals surface area contributed by atoms with Crippen LogP contribution in [0.1, 0.15) is 0 Å². The molecule has 2 N–H and O–H groups in total. The minimum Gasteiger partial charge on any atom is -0.480 e. The largest absolute Gasteiger partial charge is 0.480 e. The number of hydrogen-bond acceptors (Lipinski definition) is 4. The number of nitrogens with zero attached hydrogens (tertiary/aromatic N) is 1. The van der Waals surface area contributed by atoms with Crippen molar-refractivity contribution in [1.29, 1.82) is 0 Å². The van der Waals surface area contributed by atoms with Gasteiger partial charge in [0.25, 0.3) is 10.1 Å². The molecule has 0 aliphatic heterocycles. The SMILES string of the molecule is C=CCN(C)CC(=O)O.C=CCS(=O)(=O)O. The average molecular weight is 251 g/mol. The molecule has 0 aromatic heterocycles. The van der Waals surface area contributed by atoms with E-state index in [0.29, 0.717) is 6.54 Å². The van der Waals surface area contributed by atoms with Crippen LogP contribution in [0.2, 0.25) is 0 Å². The van der Waals surface area contributed by atoms with E-state index in [1.165, 1.54) is 0 Å². The Morgan fingerprint density at radius 2 is 1.88 bits per heavy atom. The van der Waals surface area contributed by atoms with Gasteiger partial charge in [-0.3, -0.25) is 14.2 Å². The van der Waals surface area contributed by atoms with E-state index in [4.69, 9.17) is 9.66 Å². The van der Waals surface area contributed by atoms with Gasteiger partial charge in [-0.1, -0.05) is 12.2 Å². The fourth-order valence-corrected chi connectivity index (χ4v) is 0.963. The Kier molecular flexibility index (Phi) is 9.77. The van der Waals surface area contributed by atoms with Crippen molar-refractivity contribution in [3.05, 3.63) is 25.3 Å². The van der Waals surface area contributed by atoms with Crippen molar-refractivity contribution in [3.63, 3.8) is 0 Å². The molecule has 0 aliphatic rings. The summed E-state index contributed by atoms with van der Waals surface area (Å²) in [6, 6.07) is 0. The van der Waals surface area contributed by atoms with Crippen molar-refractivity contribution < 1.29 is 22.9 Å². The second-order valence-electron chi connectivity index (χ2n) is 2.92. The molecule has 7 heteroatoms. The molecule has 0 aromatic rings. The van der Waals surface area contributed by atoms with Crippen LogP contribution in [-0.4, -0.2) is 54.8 Å². The van der Waals surface area contributed by atoms with Crippen molar-refractivity contribution in [2.45, 2.75) is 0 Å². The molecule has 0 fully saturated rings. The van der Waals surface area contributed by atoms with Crippen LogP contribution in [0.5, 0.6) is 0 Å². The lowest BCUT2D eigenvalue weighted by atomic mass is 10.5. The summed E-state index contributed by atoms with van der Waals surface area (Å²) in [6.45, 7) is 7.27. The molecule has 0 rings (SSSR count). The van der Waals surface area contributed by atoms with Crippen molar-refractivity contribution in [1.82, 2.24) is 4.90 Å². The maximum Gasteiger partial charge on any atom is 0.317 e. The van der Waals surface area contributed by atoms with Crippen LogP contribution in [0.25, 0.3) is 0 Å². The quantitative estimate of drug-likeness (QED) is 0.519. The van der Waals surface area contributed by atoms with Crippen LogP contribution in [0.15, 0.2) is 25.3 Å². The summed E-state index contributed by atoms with van der Waals surface area (Å²) in [4.78, 5) is 11.7. The smallest absolute Gasteiger partial charge is 0.317 e. The summed E-state index contributed by atoms with van der Waals surface area (Å²) in [6.07, 6.45) is 2.79. The third-order valence-electron chi connectivity index (χ3n) is 1.17. The first-order valence-electron chi connectivity index (χ1n) is 4.30. The standard InChI is InChI=1S/C6H11NO2.C3H6O3S/c1-3-4-7(2)5-6(8)9;1-2-3-7(4,5)6/h3H,1,4-5H2,2H3,(H,8,9);2H,1,3H2,(H,4,5,6). The first-order chi connectivity index (χ1) is 7.22. The van der Waals surface area contributed by atoms with E-state index in [1.54, 1.807) is 18.0 Å². The first kappa shape index (κ1) is 17.2. The number of carboxylic acids is 1. The fraction of sp³-hybridized carbons (Fsp3) is 0.444. The molecule has 0 amide bonds. The van der Waals surface area contributed by atoms with E-state index in [9.17, 15) is 13.2 Å². The maximum atomic E-state index is 10.0. The summed E-state index contributed by atoms with van der Waals surface area (Å²) < 4.78 is 27.3.